The van der Waals surface area contributed by atoms with Crippen LogP contribution < -0.4 is 4.31 Å². The highest BCUT2D eigenvalue weighted by atomic mass is 32.2. The Hall–Kier alpha value is -1.10. The van der Waals surface area contributed by atoms with E-state index in [-0.39, 0.29) is 11.7 Å². The average molecular weight is 257 g/mol. The number of benzene rings is 1. The van der Waals surface area contributed by atoms with Gasteiger partial charge in [0.1, 0.15) is 5.82 Å². The van der Waals surface area contributed by atoms with E-state index in [0.29, 0.717) is 24.2 Å². The molecule has 94 valence electrons. The van der Waals surface area contributed by atoms with Crippen LogP contribution in [0.15, 0.2) is 12.1 Å². The third-order valence-electron chi connectivity index (χ3n) is 3.09. The number of anilines is 1. The fourth-order valence-corrected chi connectivity index (χ4v) is 3.07. The first-order valence-corrected chi connectivity index (χ1v) is 7.45. The molecule has 17 heavy (non-hydrogen) atoms. The van der Waals surface area contributed by atoms with Crippen molar-refractivity contribution in [3.8, 4) is 0 Å². The third-order valence-corrected chi connectivity index (χ3v) is 4.27. The van der Waals surface area contributed by atoms with Gasteiger partial charge in [-0.25, -0.2) is 12.8 Å². The molecule has 0 atom stereocenters. The highest BCUT2D eigenvalue weighted by Crippen LogP contribution is 2.34. The molecular formula is C12H16FNO2S. The molecule has 0 amide bonds. The van der Waals surface area contributed by atoms with Crippen LogP contribution in [0.25, 0.3) is 0 Å². The Labute approximate surface area is 101 Å². The molecule has 3 nitrogen and oxygen atoms in total. The van der Waals surface area contributed by atoms with Gasteiger partial charge in [0, 0.05) is 12.1 Å². The van der Waals surface area contributed by atoms with Gasteiger partial charge in [0.15, 0.2) is 0 Å². The predicted molar refractivity (Wildman–Crippen MR) is 66.4 cm³/mol. The third kappa shape index (κ3) is 2.16. The highest BCUT2D eigenvalue weighted by molar-refractivity contribution is 7.92. The quantitative estimate of drug-likeness (QED) is 0.815. The standard InChI is InChI=1S/C12H16FNO2S/c1-8(2)9-6-11(13)10-4-5-14(12(10)7-9)17(3,15)16/h6-8H,4-5H2,1-3H3. The SMILES string of the molecule is CC(C)c1cc(F)c2c(c1)N(S(C)(=O)=O)CC2. The van der Waals surface area contributed by atoms with Crippen LogP contribution >= 0.6 is 0 Å². The van der Waals surface area contributed by atoms with Crippen LogP contribution in [0.1, 0.15) is 30.9 Å². The molecule has 0 bridgehead atoms. The Kier molecular flexibility index (Phi) is 2.89. The molecule has 0 spiro atoms. The lowest BCUT2D eigenvalue weighted by Crippen LogP contribution is -2.27. The first-order valence-electron chi connectivity index (χ1n) is 5.60. The van der Waals surface area contributed by atoms with Gasteiger partial charge in [0.2, 0.25) is 10.0 Å². The van der Waals surface area contributed by atoms with E-state index in [2.05, 4.69) is 0 Å². The molecule has 0 unspecified atom stereocenters. The zero-order valence-electron chi connectivity index (χ0n) is 10.2. The Bertz CT molecular complexity index is 552. The summed E-state index contributed by atoms with van der Waals surface area (Å²) in [6.07, 6.45) is 1.61. The Morgan fingerprint density at radius 1 is 1.35 bits per heavy atom. The zero-order chi connectivity index (χ0) is 12.8. The van der Waals surface area contributed by atoms with Crippen molar-refractivity contribution in [2.75, 3.05) is 17.1 Å². The summed E-state index contributed by atoms with van der Waals surface area (Å²) in [7, 11) is -3.31. The van der Waals surface area contributed by atoms with Crippen molar-refractivity contribution in [3.05, 3.63) is 29.1 Å². The van der Waals surface area contributed by atoms with Crippen LogP contribution in [0.4, 0.5) is 10.1 Å². The Morgan fingerprint density at radius 2 is 2.00 bits per heavy atom. The van der Waals surface area contributed by atoms with Crippen molar-refractivity contribution < 1.29 is 12.8 Å². The maximum Gasteiger partial charge on any atom is 0.232 e. The summed E-state index contributed by atoms with van der Waals surface area (Å²) in [5.41, 5.74) is 1.85. The van der Waals surface area contributed by atoms with Crippen LogP contribution in [0.5, 0.6) is 0 Å². The molecule has 5 heteroatoms. The van der Waals surface area contributed by atoms with Crippen molar-refractivity contribution in [2.45, 2.75) is 26.2 Å². The van der Waals surface area contributed by atoms with Gasteiger partial charge in [0.25, 0.3) is 0 Å². The molecule has 1 aliphatic heterocycles. The van der Waals surface area contributed by atoms with Gasteiger partial charge in [-0.2, -0.15) is 0 Å². The van der Waals surface area contributed by atoms with Gasteiger partial charge in [-0.1, -0.05) is 13.8 Å². The maximum absolute atomic E-state index is 13.9. The van der Waals surface area contributed by atoms with Crippen molar-refractivity contribution in [1.29, 1.82) is 0 Å². The minimum Gasteiger partial charge on any atom is -0.270 e. The number of hydrogen-bond acceptors (Lipinski definition) is 2. The summed E-state index contributed by atoms with van der Waals surface area (Å²) in [5, 5.41) is 0. The Balaban J connectivity index is 2.59. The van der Waals surface area contributed by atoms with Crippen LogP contribution in [0.3, 0.4) is 0 Å². The van der Waals surface area contributed by atoms with Crippen molar-refractivity contribution in [1.82, 2.24) is 0 Å². The highest BCUT2D eigenvalue weighted by Gasteiger charge is 2.29. The van der Waals surface area contributed by atoms with Gasteiger partial charge in [-0.05, 0) is 30.0 Å². The molecular weight excluding hydrogens is 241 g/mol. The molecule has 0 aliphatic carbocycles. The molecule has 1 aromatic rings. The summed E-state index contributed by atoms with van der Waals surface area (Å²) in [6, 6.07) is 3.30. The van der Waals surface area contributed by atoms with Gasteiger partial charge in [-0.15, -0.1) is 0 Å². The first-order chi connectivity index (χ1) is 7.80. The maximum atomic E-state index is 13.9. The van der Waals surface area contributed by atoms with Gasteiger partial charge < -0.3 is 0 Å². The minimum absolute atomic E-state index is 0.178. The number of rotatable bonds is 2. The van der Waals surface area contributed by atoms with Gasteiger partial charge in [0.05, 0.1) is 11.9 Å². The van der Waals surface area contributed by atoms with Crippen molar-refractivity contribution in [3.63, 3.8) is 0 Å². The lowest BCUT2D eigenvalue weighted by atomic mass is 10.00. The Morgan fingerprint density at radius 3 is 2.53 bits per heavy atom. The fraction of sp³-hybridized carbons (Fsp3) is 0.500. The lowest BCUT2D eigenvalue weighted by molar-refractivity contribution is 0.598. The fourth-order valence-electron chi connectivity index (χ4n) is 2.12. The van der Waals surface area contributed by atoms with E-state index < -0.39 is 10.0 Å². The summed E-state index contributed by atoms with van der Waals surface area (Å²) < 4.78 is 38.3. The van der Waals surface area contributed by atoms with Gasteiger partial charge >= 0.3 is 0 Å². The molecule has 2 rings (SSSR count). The van der Waals surface area contributed by atoms with E-state index in [1.807, 2.05) is 13.8 Å². The second-order valence-corrected chi connectivity index (χ2v) is 6.65. The van der Waals surface area contributed by atoms with Crippen LogP contribution in [0.2, 0.25) is 0 Å². The van der Waals surface area contributed by atoms with Crippen LogP contribution in [-0.4, -0.2) is 21.2 Å². The monoisotopic (exact) mass is 257 g/mol. The summed E-state index contributed by atoms with van der Waals surface area (Å²) >= 11 is 0. The number of hydrogen-bond donors (Lipinski definition) is 0. The molecule has 0 radical (unpaired) electrons. The van der Waals surface area contributed by atoms with Gasteiger partial charge in [-0.3, -0.25) is 4.31 Å². The average Bonchev–Trinajstić information content (AvgIpc) is 2.60. The minimum atomic E-state index is -3.31. The summed E-state index contributed by atoms with van der Waals surface area (Å²) in [4.78, 5) is 0. The smallest absolute Gasteiger partial charge is 0.232 e. The molecule has 0 aromatic heterocycles. The van der Waals surface area contributed by atoms with E-state index in [0.717, 1.165) is 11.8 Å². The molecule has 0 saturated carbocycles. The lowest BCUT2D eigenvalue weighted by Gasteiger charge is -2.18. The second-order valence-electron chi connectivity index (χ2n) is 4.74. The molecule has 0 N–H and O–H groups in total. The predicted octanol–water partition coefficient (Wildman–Crippen LogP) is 2.27. The van der Waals surface area contributed by atoms with Crippen molar-refractivity contribution in [2.24, 2.45) is 0 Å². The largest absolute Gasteiger partial charge is 0.270 e. The normalized spacial score (nSPS) is 15.5. The molecule has 0 fully saturated rings. The topological polar surface area (TPSA) is 37.4 Å². The van der Waals surface area contributed by atoms with E-state index in [1.54, 1.807) is 6.07 Å². The molecule has 1 aromatic carbocycles. The van der Waals surface area contributed by atoms with E-state index >= 15 is 0 Å². The van der Waals surface area contributed by atoms with Crippen LogP contribution in [0, 0.1) is 5.82 Å². The number of nitrogens with zero attached hydrogens (tertiary/aromatic N) is 1. The van der Waals surface area contributed by atoms with E-state index in [4.69, 9.17) is 0 Å². The summed E-state index contributed by atoms with van der Waals surface area (Å²) in [6.45, 7) is 4.26. The summed E-state index contributed by atoms with van der Waals surface area (Å²) in [5.74, 6) is -0.117. The second kappa shape index (κ2) is 3.98. The van der Waals surface area contributed by atoms with Crippen LogP contribution in [-0.2, 0) is 16.4 Å². The first kappa shape index (κ1) is 12.4. The van der Waals surface area contributed by atoms with Crippen molar-refractivity contribution >= 4 is 15.7 Å². The molecule has 1 aliphatic rings. The molecule has 1 heterocycles. The number of fused-ring (bicyclic) bond motifs is 1. The number of sulfonamides is 1. The van der Waals surface area contributed by atoms with E-state index in [1.165, 1.54) is 10.4 Å². The number of halogens is 1. The molecule has 0 saturated heterocycles. The zero-order valence-corrected chi connectivity index (χ0v) is 11.0. The van der Waals surface area contributed by atoms with E-state index in [9.17, 15) is 12.8 Å².